The number of anilines is 1. The number of hydrogen-bond acceptors (Lipinski definition) is 3. The van der Waals surface area contributed by atoms with E-state index in [0.29, 0.717) is 12.6 Å². The van der Waals surface area contributed by atoms with Crippen LogP contribution < -0.4 is 5.32 Å². The average Bonchev–Trinajstić information content (AvgIpc) is 2.57. The van der Waals surface area contributed by atoms with E-state index in [9.17, 15) is 5.11 Å². The standard InChI is InChI=1S/C20H26N2O/c1-15-7-6-10-18(13-15)21-19-11-12-22(14-20(19)23)16(2)17-8-4-3-5-9-17/h3-10,13,16,19-21,23H,11-12,14H2,1-2H3/t16?,19-,20-/m1/s1. The Bertz CT molecular complexity index is 629. The lowest BCUT2D eigenvalue weighted by Gasteiger charge is -2.40. The maximum absolute atomic E-state index is 10.6. The van der Waals surface area contributed by atoms with Gasteiger partial charge in [0.05, 0.1) is 12.1 Å². The third-order valence-corrected chi connectivity index (χ3v) is 4.81. The van der Waals surface area contributed by atoms with Crippen molar-refractivity contribution in [3.05, 3.63) is 65.7 Å². The van der Waals surface area contributed by atoms with Crippen molar-refractivity contribution < 1.29 is 5.11 Å². The summed E-state index contributed by atoms with van der Waals surface area (Å²) in [6.45, 7) is 6.01. The van der Waals surface area contributed by atoms with Crippen molar-refractivity contribution in [2.75, 3.05) is 18.4 Å². The van der Waals surface area contributed by atoms with Crippen molar-refractivity contribution in [3.63, 3.8) is 0 Å². The predicted octanol–water partition coefficient (Wildman–Crippen LogP) is 3.60. The summed E-state index contributed by atoms with van der Waals surface area (Å²) in [6, 6.07) is 19.3. The van der Waals surface area contributed by atoms with E-state index in [1.165, 1.54) is 11.1 Å². The normalized spacial score (nSPS) is 23.4. The Kier molecular flexibility index (Phi) is 4.99. The van der Waals surface area contributed by atoms with Gasteiger partial charge in [-0.1, -0.05) is 42.5 Å². The number of aryl methyl sites for hydroxylation is 1. The van der Waals surface area contributed by atoms with E-state index < -0.39 is 0 Å². The lowest BCUT2D eigenvalue weighted by molar-refractivity contribution is 0.0408. The maximum Gasteiger partial charge on any atom is 0.0868 e. The molecule has 3 heteroatoms. The Morgan fingerprint density at radius 1 is 1.13 bits per heavy atom. The molecule has 2 N–H and O–H groups in total. The van der Waals surface area contributed by atoms with Crippen molar-refractivity contribution in [3.8, 4) is 0 Å². The molecule has 1 saturated heterocycles. The molecule has 3 nitrogen and oxygen atoms in total. The number of hydrogen-bond donors (Lipinski definition) is 2. The molecular weight excluding hydrogens is 284 g/mol. The van der Waals surface area contributed by atoms with Crippen LogP contribution in [0.3, 0.4) is 0 Å². The van der Waals surface area contributed by atoms with Gasteiger partial charge in [-0.25, -0.2) is 0 Å². The molecule has 2 aromatic carbocycles. The zero-order valence-electron chi connectivity index (χ0n) is 13.9. The molecule has 0 amide bonds. The van der Waals surface area contributed by atoms with Crippen LogP contribution >= 0.6 is 0 Å². The topological polar surface area (TPSA) is 35.5 Å². The van der Waals surface area contributed by atoms with Gasteiger partial charge in [0.25, 0.3) is 0 Å². The van der Waals surface area contributed by atoms with Crippen molar-refractivity contribution in [2.45, 2.75) is 38.5 Å². The molecule has 1 heterocycles. The third kappa shape index (κ3) is 3.92. The highest BCUT2D eigenvalue weighted by molar-refractivity contribution is 5.46. The zero-order valence-corrected chi connectivity index (χ0v) is 13.9. The highest BCUT2D eigenvalue weighted by Gasteiger charge is 2.30. The summed E-state index contributed by atoms with van der Waals surface area (Å²) in [5.74, 6) is 0. The Balaban J connectivity index is 1.61. The van der Waals surface area contributed by atoms with Crippen LogP contribution in [0.2, 0.25) is 0 Å². The van der Waals surface area contributed by atoms with Crippen LogP contribution in [-0.2, 0) is 0 Å². The van der Waals surface area contributed by atoms with Gasteiger partial charge in [-0.15, -0.1) is 0 Å². The second kappa shape index (κ2) is 7.16. The van der Waals surface area contributed by atoms with Crippen LogP contribution in [0.5, 0.6) is 0 Å². The van der Waals surface area contributed by atoms with Crippen LogP contribution in [0.1, 0.15) is 30.5 Å². The number of aliphatic hydroxyl groups excluding tert-OH is 1. The van der Waals surface area contributed by atoms with E-state index in [2.05, 4.69) is 72.6 Å². The molecule has 0 saturated carbocycles. The minimum Gasteiger partial charge on any atom is -0.390 e. The van der Waals surface area contributed by atoms with E-state index >= 15 is 0 Å². The van der Waals surface area contributed by atoms with Gasteiger partial charge in [-0.05, 0) is 43.5 Å². The minimum atomic E-state index is -0.351. The number of likely N-dealkylation sites (tertiary alicyclic amines) is 1. The first-order chi connectivity index (χ1) is 11.1. The van der Waals surface area contributed by atoms with E-state index in [1.54, 1.807) is 0 Å². The highest BCUT2D eigenvalue weighted by Crippen LogP contribution is 2.25. The summed E-state index contributed by atoms with van der Waals surface area (Å²) in [5, 5.41) is 14.1. The van der Waals surface area contributed by atoms with Gasteiger partial charge in [0.15, 0.2) is 0 Å². The molecule has 0 spiro atoms. The van der Waals surface area contributed by atoms with Gasteiger partial charge >= 0.3 is 0 Å². The lowest BCUT2D eigenvalue weighted by Crippen LogP contribution is -2.50. The fraction of sp³-hybridized carbons (Fsp3) is 0.400. The molecular formula is C20H26N2O. The van der Waals surface area contributed by atoms with Gasteiger partial charge in [-0.3, -0.25) is 4.90 Å². The fourth-order valence-corrected chi connectivity index (χ4v) is 3.37. The molecule has 0 aliphatic carbocycles. The van der Waals surface area contributed by atoms with Gasteiger partial charge in [0, 0.05) is 24.8 Å². The number of rotatable bonds is 4. The fourth-order valence-electron chi connectivity index (χ4n) is 3.37. The summed E-state index contributed by atoms with van der Waals surface area (Å²) < 4.78 is 0. The number of benzene rings is 2. The molecule has 0 radical (unpaired) electrons. The molecule has 3 atom stereocenters. The predicted molar refractivity (Wildman–Crippen MR) is 95.6 cm³/mol. The van der Waals surface area contributed by atoms with Crippen LogP contribution in [0.4, 0.5) is 5.69 Å². The molecule has 1 fully saturated rings. The van der Waals surface area contributed by atoms with E-state index in [0.717, 1.165) is 18.7 Å². The molecule has 1 unspecified atom stereocenters. The average molecular weight is 310 g/mol. The first-order valence-electron chi connectivity index (χ1n) is 8.44. The van der Waals surface area contributed by atoms with E-state index in [1.807, 2.05) is 6.07 Å². The Labute approximate surface area is 139 Å². The smallest absolute Gasteiger partial charge is 0.0868 e. The Hall–Kier alpha value is -1.84. The molecule has 122 valence electrons. The van der Waals surface area contributed by atoms with Crippen molar-refractivity contribution in [1.82, 2.24) is 4.90 Å². The number of nitrogens with one attached hydrogen (secondary N) is 1. The second-order valence-electron chi connectivity index (χ2n) is 6.56. The first kappa shape index (κ1) is 16.0. The summed E-state index contributed by atoms with van der Waals surface area (Å²) in [6.07, 6.45) is 0.599. The van der Waals surface area contributed by atoms with Crippen molar-refractivity contribution in [1.29, 1.82) is 0 Å². The van der Waals surface area contributed by atoms with Gasteiger partial charge in [-0.2, -0.15) is 0 Å². The molecule has 3 rings (SSSR count). The molecule has 0 aromatic heterocycles. The number of aliphatic hydroxyl groups is 1. The summed E-state index contributed by atoms with van der Waals surface area (Å²) in [5.41, 5.74) is 3.64. The van der Waals surface area contributed by atoms with Crippen LogP contribution in [-0.4, -0.2) is 35.2 Å². The number of β-amino-alcohol motifs (C(OH)–C–C–N with tert-alkyl or cyclic N) is 1. The molecule has 1 aliphatic heterocycles. The number of piperidine rings is 1. The third-order valence-electron chi connectivity index (χ3n) is 4.81. The highest BCUT2D eigenvalue weighted by atomic mass is 16.3. The van der Waals surface area contributed by atoms with Crippen LogP contribution in [0.25, 0.3) is 0 Å². The largest absolute Gasteiger partial charge is 0.390 e. The molecule has 1 aliphatic rings. The summed E-state index contributed by atoms with van der Waals surface area (Å²) >= 11 is 0. The van der Waals surface area contributed by atoms with Crippen LogP contribution in [0, 0.1) is 6.92 Å². The zero-order chi connectivity index (χ0) is 16.2. The monoisotopic (exact) mass is 310 g/mol. The van der Waals surface area contributed by atoms with Crippen LogP contribution in [0.15, 0.2) is 54.6 Å². The Morgan fingerprint density at radius 3 is 2.61 bits per heavy atom. The van der Waals surface area contributed by atoms with Crippen molar-refractivity contribution in [2.24, 2.45) is 0 Å². The maximum atomic E-state index is 10.6. The Morgan fingerprint density at radius 2 is 1.91 bits per heavy atom. The minimum absolute atomic E-state index is 0.121. The quantitative estimate of drug-likeness (QED) is 0.905. The van der Waals surface area contributed by atoms with E-state index in [-0.39, 0.29) is 12.1 Å². The number of nitrogens with zero attached hydrogens (tertiary/aromatic N) is 1. The van der Waals surface area contributed by atoms with Gasteiger partial charge in [0.2, 0.25) is 0 Å². The SMILES string of the molecule is Cc1cccc(N[C@@H]2CCN(C(C)c3ccccc3)C[C@H]2O)c1. The summed E-state index contributed by atoms with van der Waals surface area (Å²) in [4.78, 5) is 2.37. The van der Waals surface area contributed by atoms with Crippen molar-refractivity contribution >= 4 is 5.69 Å². The van der Waals surface area contributed by atoms with E-state index in [4.69, 9.17) is 0 Å². The summed E-state index contributed by atoms with van der Waals surface area (Å²) in [7, 11) is 0. The van der Waals surface area contributed by atoms with Gasteiger partial charge < -0.3 is 10.4 Å². The molecule has 0 bridgehead atoms. The molecule has 23 heavy (non-hydrogen) atoms. The first-order valence-corrected chi connectivity index (χ1v) is 8.44. The molecule has 2 aromatic rings. The lowest BCUT2D eigenvalue weighted by atomic mass is 9.97. The van der Waals surface area contributed by atoms with Gasteiger partial charge in [0.1, 0.15) is 0 Å². The second-order valence-corrected chi connectivity index (χ2v) is 6.56.